The van der Waals surface area contributed by atoms with Crippen LogP contribution in [0.2, 0.25) is 0 Å². The zero-order valence-corrected chi connectivity index (χ0v) is 10.8. The van der Waals surface area contributed by atoms with E-state index in [1.165, 1.54) is 13.8 Å². The van der Waals surface area contributed by atoms with Gasteiger partial charge in [0.1, 0.15) is 5.78 Å². The minimum Gasteiger partial charge on any atom is -0.425 e. The van der Waals surface area contributed by atoms with Crippen molar-refractivity contribution in [3.8, 4) is 0 Å². The molecule has 0 aromatic heterocycles. The van der Waals surface area contributed by atoms with Crippen molar-refractivity contribution in [3.63, 3.8) is 0 Å². The quantitative estimate of drug-likeness (QED) is 0.595. The molecule has 98 valence electrons. The van der Waals surface area contributed by atoms with Gasteiger partial charge in [-0.15, -0.1) is 0 Å². The van der Waals surface area contributed by atoms with Gasteiger partial charge in [-0.1, -0.05) is 0 Å². The molecule has 0 aliphatic heterocycles. The average molecular weight is 245 g/mol. The minimum absolute atomic E-state index is 0.112. The second-order valence-electron chi connectivity index (χ2n) is 4.68. The van der Waals surface area contributed by atoms with E-state index in [0.29, 0.717) is 0 Å². The Morgan fingerprint density at radius 2 is 1.71 bits per heavy atom. The molecule has 1 unspecified atom stereocenters. The Morgan fingerprint density at radius 1 is 1.18 bits per heavy atom. The van der Waals surface area contributed by atoms with Crippen LogP contribution in [0.5, 0.6) is 0 Å². The van der Waals surface area contributed by atoms with Gasteiger partial charge in [0.05, 0.1) is 12.0 Å². The first kappa shape index (κ1) is 15.4. The molecule has 0 aliphatic rings. The van der Waals surface area contributed by atoms with Gasteiger partial charge < -0.3 is 14.8 Å². The number of carbonyl (C=O) groups is 3. The predicted molar refractivity (Wildman–Crippen MR) is 60.2 cm³/mol. The number of Topliss-reactive ketones (excluding diaryl/α,β-unsaturated/α-hetero) is 1. The van der Waals surface area contributed by atoms with Crippen molar-refractivity contribution in [1.82, 2.24) is 5.32 Å². The highest BCUT2D eigenvalue weighted by Crippen LogP contribution is 2.16. The zero-order chi connectivity index (χ0) is 13.6. The highest BCUT2D eigenvalue weighted by Gasteiger charge is 2.26. The molecule has 6 nitrogen and oxygen atoms in total. The Kier molecular flexibility index (Phi) is 5.64. The van der Waals surface area contributed by atoms with Gasteiger partial charge in [0.25, 0.3) is 0 Å². The molecular weight excluding hydrogens is 226 g/mol. The van der Waals surface area contributed by atoms with Crippen LogP contribution in [-0.2, 0) is 19.1 Å². The second-order valence-corrected chi connectivity index (χ2v) is 4.68. The summed E-state index contributed by atoms with van der Waals surface area (Å²) in [5, 5.41) is 2.22. The predicted octanol–water partition coefficient (Wildman–Crippen LogP) is 1.24. The summed E-state index contributed by atoms with van der Waals surface area (Å²) < 4.78 is 9.61. The van der Waals surface area contributed by atoms with Gasteiger partial charge in [-0.3, -0.25) is 9.59 Å². The molecule has 0 radical (unpaired) electrons. The summed E-state index contributed by atoms with van der Waals surface area (Å²) in [6.45, 7) is 7.73. The van der Waals surface area contributed by atoms with Gasteiger partial charge in [0.2, 0.25) is 6.29 Å². The number of hydrogen-bond donors (Lipinski definition) is 1. The van der Waals surface area contributed by atoms with Crippen molar-refractivity contribution in [3.05, 3.63) is 0 Å². The molecule has 1 amide bonds. The third-order valence-electron chi connectivity index (χ3n) is 1.64. The molecule has 0 aliphatic carbocycles. The third kappa shape index (κ3) is 7.32. The molecule has 0 saturated carbocycles. The maximum atomic E-state index is 11.4. The van der Waals surface area contributed by atoms with Crippen molar-refractivity contribution in [2.24, 2.45) is 5.41 Å². The molecule has 6 heteroatoms. The summed E-state index contributed by atoms with van der Waals surface area (Å²) in [6.07, 6.45) is -1.79. The van der Waals surface area contributed by atoms with Gasteiger partial charge in [-0.25, -0.2) is 4.79 Å². The van der Waals surface area contributed by atoms with E-state index < -0.39 is 23.8 Å². The molecule has 0 bridgehead atoms. The lowest BCUT2D eigenvalue weighted by atomic mass is 9.97. The minimum atomic E-state index is -0.992. The SMILES string of the molecule is CC(=O)CNC(=O)OC(C)OC(=O)C(C)(C)C. The number of nitrogens with one attached hydrogen (secondary N) is 1. The number of rotatable bonds is 4. The van der Waals surface area contributed by atoms with Crippen LogP contribution in [-0.4, -0.2) is 30.7 Å². The number of hydrogen-bond acceptors (Lipinski definition) is 5. The molecule has 0 aromatic rings. The third-order valence-corrected chi connectivity index (χ3v) is 1.64. The first-order valence-electron chi connectivity index (χ1n) is 5.28. The summed E-state index contributed by atoms with van der Waals surface area (Å²) in [6, 6.07) is 0. The standard InChI is InChI=1S/C11H19NO5/c1-7(13)6-12-10(15)17-8(2)16-9(14)11(3,4)5/h8H,6H2,1-5H3,(H,12,15). The van der Waals surface area contributed by atoms with Crippen molar-refractivity contribution < 1.29 is 23.9 Å². The number of esters is 1. The summed E-state index contributed by atoms with van der Waals surface area (Å²) in [7, 11) is 0. The maximum absolute atomic E-state index is 11.4. The van der Waals surface area contributed by atoms with Gasteiger partial charge in [0.15, 0.2) is 0 Å². The number of alkyl carbamates (subject to hydrolysis) is 1. The second kappa shape index (κ2) is 6.22. The van der Waals surface area contributed by atoms with E-state index in [-0.39, 0.29) is 12.3 Å². The molecule has 0 heterocycles. The van der Waals surface area contributed by atoms with E-state index >= 15 is 0 Å². The molecule has 0 fully saturated rings. The van der Waals surface area contributed by atoms with Gasteiger partial charge in [-0.05, 0) is 27.7 Å². The molecule has 0 spiro atoms. The smallest absolute Gasteiger partial charge is 0.410 e. The van der Waals surface area contributed by atoms with Crippen molar-refractivity contribution >= 4 is 17.8 Å². The lowest BCUT2D eigenvalue weighted by molar-refractivity contribution is -0.174. The number of ketones is 1. The van der Waals surface area contributed by atoms with Crippen LogP contribution >= 0.6 is 0 Å². The molecule has 1 N–H and O–H groups in total. The largest absolute Gasteiger partial charge is 0.425 e. The molecule has 0 saturated heterocycles. The topological polar surface area (TPSA) is 81.7 Å². The Bertz CT molecular complexity index is 305. The molecule has 0 rings (SSSR count). The van der Waals surface area contributed by atoms with E-state index in [1.807, 2.05) is 0 Å². The Balaban J connectivity index is 4.02. The fraction of sp³-hybridized carbons (Fsp3) is 0.727. The average Bonchev–Trinajstić information content (AvgIpc) is 2.12. The van der Waals surface area contributed by atoms with Crippen molar-refractivity contribution in [1.29, 1.82) is 0 Å². The van der Waals surface area contributed by atoms with Crippen LogP contribution in [0.1, 0.15) is 34.6 Å². The summed E-state index contributed by atoms with van der Waals surface area (Å²) in [5.74, 6) is -0.661. The highest BCUT2D eigenvalue weighted by molar-refractivity contribution is 5.81. The van der Waals surface area contributed by atoms with Crippen LogP contribution in [0.3, 0.4) is 0 Å². The first-order valence-corrected chi connectivity index (χ1v) is 5.28. The van der Waals surface area contributed by atoms with Crippen molar-refractivity contribution in [2.75, 3.05) is 6.54 Å². The van der Waals surface area contributed by atoms with E-state index in [9.17, 15) is 14.4 Å². The van der Waals surface area contributed by atoms with Crippen LogP contribution in [0.4, 0.5) is 4.79 Å². The zero-order valence-electron chi connectivity index (χ0n) is 10.8. The number of carbonyl (C=O) groups excluding carboxylic acids is 3. The van der Waals surface area contributed by atoms with Gasteiger partial charge in [0, 0.05) is 6.92 Å². The normalized spacial score (nSPS) is 12.5. The van der Waals surface area contributed by atoms with Crippen LogP contribution in [0.15, 0.2) is 0 Å². The monoisotopic (exact) mass is 245 g/mol. The molecular formula is C11H19NO5. The maximum Gasteiger partial charge on any atom is 0.410 e. The highest BCUT2D eigenvalue weighted by atomic mass is 16.7. The lowest BCUT2D eigenvalue weighted by Crippen LogP contribution is -2.34. The van der Waals surface area contributed by atoms with Crippen LogP contribution in [0.25, 0.3) is 0 Å². The number of ether oxygens (including phenoxy) is 2. The van der Waals surface area contributed by atoms with E-state index in [4.69, 9.17) is 9.47 Å². The fourth-order valence-electron chi connectivity index (χ4n) is 0.741. The van der Waals surface area contributed by atoms with Gasteiger partial charge >= 0.3 is 12.1 Å². The summed E-state index contributed by atoms with van der Waals surface area (Å²) >= 11 is 0. The fourth-order valence-corrected chi connectivity index (χ4v) is 0.741. The first-order chi connectivity index (χ1) is 7.62. The van der Waals surface area contributed by atoms with Crippen LogP contribution in [0, 0.1) is 5.41 Å². The summed E-state index contributed by atoms with van der Waals surface area (Å²) in [5.41, 5.74) is -0.659. The Morgan fingerprint density at radius 3 is 2.12 bits per heavy atom. The Labute approximate surface area is 101 Å². The lowest BCUT2D eigenvalue weighted by Gasteiger charge is -2.20. The molecule has 1 atom stereocenters. The van der Waals surface area contributed by atoms with E-state index in [1.54, 1.807) is 20.8 Å². The summed E-state index contributed by atoms with van der Waals surface area (Å²) in [4.78, 5) is 33.1. The van der Waals surface area contributed by atoms with Crippen LogP contribution < -0.4 is 5.32 Å². The van der Waals surface area contributed by atoms with E-state index in [2.05, 4.69) is 5.32 Å². The molecule has 0 aromatic carbocycles. The molecule has 17 heavy (non-hydrogen) atoms. The van der Waals surface area contributed by atoms with E-state index in [0.717, 1.165) is 0 Å². The Hall–Kier alpha value is -1.59. The van der Waals surface area contributed by atoms with Crippen molar-refractivity contribution in [2.45, 2.75) is 40.9 Å². The van der Waals surface area contributed by atoms with Gasteiger partial charge in [-0.2, -0.15) is 0 Å². The number of amides is 1.